The molecule has 27 heavy (non-hydrogen) atoms. The average molecular weight is 386 g/mol. The van der Waals surface area contributed by atoms with Gasteiger partial charge in [0.2, 0.25) is 5.91 Å². The Kier molecular flexibility index (Phi) is 5.97. The van der Waals surface area contributed by atoms with Gasteiger partial charge in [0.15, 0.2) is 9.84 Å². The van der Waals surface area contributed by atoms with Crippen LogP contribution < -0.4 is 0 Å². The minimum atomic E-state index is -3.28. The summed E-state index contributed by atoms with van der Waals surface area (Å²) in [7, 11) is -3.28. The maximum atomic E-state index is 12.5. The fourth-order valence-electron chi connectivity index (χ4n) is 3.33. The summed E-state index contributed by atoms with van der Waals surface area (Å²) in [4.78, 5) is 14.2. The van der Waals surface area contributed by atoms with E-state index < -0.39 is 15.1 Å². The van der Waals surface area contributed by atoms with Crippen molar-refractivity contribution in [2.24, 2.45) is 0 Å². The first-order valence-electron chi connectivity index (χ1n) is 8.99. The van der Waals surface area contributed by atoms with Crippen LogP contribution in [0.3, 0.4) is 0 Å². The van der Waals surface area contributed by atoms with Crippen molar-refractivity contribution in [2.45, 2.75) is 36.7 Å². The molecule has 1 fully saturated rings. The van der Waals surface area contributed by atoms with Gasteiger partial charge in [-0.15, -0.1) is 0 Å². The number of rotatable bonds is 6. The number of nitrogens with zero attached hydrogens (tertiary/aromatic N) is 2. The van der Waals surface area contributed by atoms with E-state index in [2.05, 4.69) is 6.07 Å². The van der Waals surface area contributed by atoms with Gasteiger partial charge in [-0.25, -0.2) is 8.42 Å². The Balaban J connectivity index is 1.48. The van der Waals surface area contributed by atoms with Gasteiger partial charge in [-0.3, -0.25) is 4.79 Å². The summed E-state index contributed by atoms with van der Waals surface area (Å²) >= 11 is 0. The van der Waals surface area contributed by atoms with E-state index >= 15 is 0 Å². The fourth-order valence-corrected chi connectivity index (χ4v) is 5.06. The van der Waals surface area contributed by atoms with E-state index in [-0.39, 0.29) is 11.7 Å². The molecule has 1 amide bonds. The molecule has 1 aromatic carbocycles. The molecule has 3 rings (SSSR count). The second-order valence-electron chi connectivity index (χ2n) is 6.78. The van der Waals surface area contributed by atoms with Crippen molar-refractivity contribution in [3.63, 3.8) is 0 Å². The minimum absolute atomic E-state index is 0.0428. The molecule has 0 radical (unpaired) electrons. The summed E-state index contributed by atoms with van der Waals surface area (Å²) in [6, 6.07) is 12.6. The average Bonchev–Trinajstić information content (AvgIpc) is 3.19. The predicted molar refractivity (Wildman–Crippen MR) is 100 cm³/mol. The molecule has 0 N–H and O–H groups in total. The number of hydrogen-bond donors (Lipinski definition) is 0. The molecule has 0 aliphatic carbocycles. The first-order valence-corrected chi connectivity index (χ1v) is 10.7. The van der Waals surface area contributed by atoms with Gasteiger partial charge in [-0.1, -0.05) is 12.1 Å². The predicted octanol–water partition coefficient (Wildman–Crippen LogP) is 2.69. The topological polar surface area (TPSA) is 91.4 Å². The Labute approximate surface area is 159 Å². The van der Waals surface area contributed by atoms with Crippen molar-refractivity contribution < 1.29 is 17.6 Å². The molecule has 0 unspecified atom stereocenters. The zero-order chi connectivity index (χ0) is 19.3. The van der Waals surface area contributed by atoms with E-state index in [1.54, 1.807) is 29.2 Å². The smallest absolute Gasteiger partial charge is 0.222 e. The van der Waals surface area contributed by atoms with Gasteiger partial charge in [-0.05, 0) is 49.1 Å². The van der Waals surface area contributed by atoms with Gasteiger partial charge < -0.3 is 9.32 Å². The first-order chi connectivity index (χ1) is 13.0. The quantitative estimate of drug-likeness (QED) is 0.761. The van der Waals surface area contributed by atoms with Crippen molar-refractivity contribution in [1.82, 2.24) is 4.90 Å². The van der Waals surface area contributed by atoms with Crippen LogP contribution in [0.15, 0.2) is 47.1 Å². The Morgan fingerprint density at radius 2 is 1.89 bits per heavy atom. The molecule has 1 aromatic heterocycles. The molecule has 0 atom stereocenters. The van der Waals surface area contributed by atoms with E-state index in [0.717, 1.165) is 5.56 Å². The van der Waals surface area contributed by atoms with E-state index in [4.69, 9.17) is 9.68 Å². The molecule has 0 spiro atoms. The number of sulfone groups is 1. The highest BCUT2D eigenvalue weighted by Crippen LogP contribution is 2.22. The Morgan fingerprint density at radius 3 is 2.48 bits per heavy atom. The van der Waals surface area contributed by atoms with Crippen LogP contribution >= 0.6 is 0 Å². The highest BCUT2D eigenvalue weighted by Gasteiger charge is 2.32. The third kappa shape index (κ3) is 4.98. The molecule has 1 aliphatic rings. The number of aryl methyl sites for hydroxylation is 1. The third-order valence-electron chi connectivity index (χ3n) is 4.94. The lowest BCUT2D eigenvalue weighted by atomic mass is 10.1. The molecule has 6 nitrogen and oxygen atoms in total. The lowest BCUT2D eigenvalue weighted by Gasteiger charge is -2.31. The Morgan fingerprint density at radius 1 is 1.19 bits per heavy atom. The normalized spacial score (nSPS) is 15.4. The van der Waals surface area contributed by atoms with Gasteiger partial charge in [0.1, 0.15) is 11.5 Å². The molecule has 142 valence electrons. The lowest BCUT2D eigenvalue weighted by Crippen LogP contribution is -2.42. The van der Waals surface area contributed by atoms with Crippen LogP contribution in [0.5, 0.6) is 0 Å². The standard InChI is InChI=1S/C20H22N2O4S/c21-14-17-5-3-16(4-6-17)7-8-20(23)22-11-9-19(10-12-22)27(24,25)15-18-2-1-13-26-18/h1-6,13,19H,7-12,15H2. The molecule has 7 heteroatoms. The number of furan rings is 1. The Bertz CT molecular complexity index is 904. The lowest BCUT2D eigenvalue weighted by molar-refractivity contribution is -0.132. The maximum absolute atomic E-state index is 12.5. The van der Waals surface area contributed by atoms with Gasteiger partial charge in [0.05, 0.1) is 23.1 Å². The summed E-state index contributed by atoms with van der Waals surface area (Å²) in [6.07, 6.45) is 3.40. The summed E-state index contributed by atoms with van der Waals surface area (Å²) in [5, 5.41) is 8.38. The second-order valence-corrected chi connectivity index (χ2v) is 9.06. The number of piperidine rings is 1. The molecule has 0 saturated carbocycles. The minimum Gasteiger partial charge on any atom is -0.468 e. The van der Waals surface area contributed by atoms with Crippen LogP contribution in [0.2, 0.25) is 0 Å². The summed E-state index contributed by atoms with van der Waals surface area (Å²) in [6.45, 7) is 0.933. The molecular weight excluding hydrogens is 364 g/mol. The molecular formula is C20H22N2O4S. The van der Waals surface area contributed by atoms with Crippen LogP contribution in [0.25, 0.3) is 0 Å². The number of nitriles is 1. The van der Waals surface area contributed by atoms with Crippen molar-refractivity contribution in [1.29, 1.82) is 5.26 Å². The fraction of sp³-hybridized carbons (Fsp3) is 0.400. The van der Waals surface area contributed by atoms with Gasteiger partial charge in [0, 0.05) is 19.5 Å². The molecule has 0 bridgehead atoms. The van der Waals surface area contributed by atoms with E-state index in [1.807, 2.05) is 12.1 Å². The zero-order valence-electron chi connectivity index (χ0n) is 15.0. The van der Waals surface area contributed by atoms with Gasteiger partial charge in [0.25, 0.3) is 0 Å². The highest BCUT2D eigenvalue weighted by atomic mass is 32.2. The van der Waals surface area contributed by atoms with Gasteiger partial charge >= 0.3 is 0 Å². The third-order valence-corrected chi connectivity index (χ3v) is 7.11. The molecule has 2 aromatic rings. The SMILES string of the molecule is N#Cc1ccc(CCC(=O)N2CCC(S(=O)(=O)Cc3ccco3)CC2)cc1. The summed E-state index contributed by atoms with van der Waals surface area (Å²) in [5.41, 5.74) is 1.61. The maximum Gasteiger partial charge on any atom is 0.222 e. The summed E-state index contributed by atoms with van der Waals surface area (Å²) < 4.78 is 30.2. The molecule has 1 aliphatic heterocycles. The van der Waals surface area contributed by atoms with Crippen molar-refractivity contribution in [2.75, 3.05) is 13.1 Å². The van der Waals surface area contributed by atoms with Crippen molar-refractivity contribution in [3.8, 4) is 6.07 Å². The number of carbonyl (C=O) groups is 1. The van der Waals surface area contributed by atoms with E-state index in [0.29, 0.717) is 50.1 Å². The monoisotopic (exact) mass is 386 g/mol. The van der Waals surface area contributed by atoms with Crippen LogP contribution in [-0.2, 0) is 26.8 Å². The summed E-state index contributed by atoms with van der Waals surface area (Å²) in [5.74, 6) is 0.411. The Hall–Kier alpha value is -2.59. The number of amides is 1. The van der Waals surface area contributed by atoms with Crippen molar-refractivity contribution in [3.05, 3.63) is 59.5 Å². The first kappa shape index (κ1) is 19.2. The number of hydrogen-bond acceptors (Lipinski definition) is 5. The van der Waals surface area contributed by atoms with Gasteiger partial charge in [-0.2, -0.15) is 5.26 Å². The van der Waals surface area contributed by atoms with Crippen LogP contribution in [0, 0.1) is 11.3 Å². The largest absolute Gasteiger partial charge is 0.468 e. The second kappa shape index (κ2) is 8.40. The highest BCUT2D eigenvalue weighted by molar-refractivity contribution is 7.91. The van der Waals surface area contributed by atoms with E-state index in [9.17, 15) is 13.2 Å². The number of benzene rings is 1. The van der Waals surface area contributed by atoms with Crippen LogP contribution in [-0.4, -0.2) is 37.6 Å². The van der Waals surface area contributed by atoms with E-state index in [1.165, 1.54) is 6.26 Å². The van der Waals surface area contributed by atoms with Crippen LogP contribution in [0.1, 0.15) is 36.1 Å². The molecule has 1 saturated heterocycles. The zero-order valence-corrected chi connectivity index (χ0v) is 15.8. The van der Waals surface area contributed by atoms with Crippen molar-refractivity contribution >= 4 is 15.7 Å². The van der Waals surface area contributed by atoms with Crippen LogP contribution in [0.4, 0.5) is 0 Å². The molecule has 2 heterocycles. The number of carbonyl (C=O) groups excluding carboxylic acids is 1. The number of likely N-dealkylation sites (tertiary alicyclic amines) is 1.